The molecule has 49 heavy (non-hydrogen) atoms. The molecule has 0 spiro atoms. The normalized spacial score (nSPS) is 18.0. The number of rotatable bonds is 8. The summed E-state index contributed by atoms with van der Waals surface area (Å²) < 4.78 is 37.5. The average Bonchev–Trinajstić information content (AvgIpc) is 3.12. The van der Waals surface area contributed by atoms with Crippen LogP contribution in [0.15, 0.2) is 42.5 Å². The number of esters is 1. The summed E-state index contributed by atoms with van der Waals surface area (Å²) in [6.45, 7) is 5.72. The van der Waals surface area contributed by atoms with Gasteiger partial charge in [0.15, 0.2) is 6.73 Å². The lowest BCUT2D eigenvalue weighted by atomic mass is 9.96. The van der Waals surface area contributed by atoms with Crippen LogP contribution < -0.4 is 14.5 Å². The minimum atomic E-state index is -0.727. The summed E-state index contributed by atoms with van der Waals surface area (Å²) >= 11 is 13.4. The van der Waals surface area contributed by atoms with E-state index in [0.29, 0.717) is 42.3 Å². The molecule has 1 amide bonds. The number of nitriles is 1. The molecule has 0 N–H and O–H groups in total. The number of para-hydroxylation sites is 1. The van der Waals surface area contributed by atoms with Crippen molar-refractivity contribution in [3.8, 4) is 22.9 Å². The minimum absolute atomic E-state index is 0.00231. The standard InChI is InChI=1S/C35H36Cl2FN5O6/c1-46-12-10-40-6-8-41(9-7-40)23-14-28(36)32(29(37)15-23)34(44)42-19-22-4-3-5-25(33(22)49-21-42)26-17-31(27(16-30(26)38)35(45)47-2)43-11-13-48-20-24(43)18-39/h3-5,14-17,24H,6-13,19-21H2,1-2H3/t24-/m1/s1. The summed E-state index contributed by atoms with van der Waals surface area (Å²) in [6.07, 6.45) is 0. The van der Waals surface area contributed by atoms with Gasteiger partial charge in [0, 0.05) is 68.8 Å². The first-order chi connectivity index (χ1) is 23.7. The Morgan fingerprint density at radius 3 is 2.49 bits per heavy atom. The zero-order valence-electron chi connectivity index (χ0n) is 27.2. The van der Waals surface area contributed by atoms with Gasteiger partial charge >= 0.3 is 5.97 Å². The number of ether oxygens (including phenoxy) is 4. The largest absolute Gasteiger partial charge is 0.472 e. The van der Waals surface area contributed by atoms with Gasteiger partial charge in [0.05, 0.1) is 66.4 Å². The molecule has 2 fully saturated rings. The lowest BCUT2D eigenvalue weighted by Crippen LogP contribution is -2.47. The van der Waals surface area contributed by atoms with Crippen LogP contribution in [-0.2, 0) is 20.8 Å². The van der Waals surface area contributed by atoms with E-state index in [0.717, 1.165) is 44.5 Å². The number of nitrogens with zero attached hydrogens (tertiary/aromatic N) is 5. The van der Waals surface area contributed by atoms with E-state index in [1.54, 1.807) is 42.3 Å². The third-order valence-electron chi connectivity index (χ3n) is 9.07. The molecule has 0 bridgehead atoms. The molecule has 1 atom stereocenters. The fourth-order valence-electron chi connectivity index (χ4n) is 6.45. The average molecular weight is 713 g/mol. The summed E-state index contributed by atoms with van der Waals surface area (Å²) in [5.41, 5.74) is 2.63. The first-order valence-electron chi connectivity index (χ1n) is 15.9. The second kappa shape index (κ2) is 15.2. The van der Waals surface area contributed by atoms with Crippen LogP contribution in [0.1, 0.15) is 26.3 Å². The number of carbonyl (C=O) groups is 2. The highest BCUT2D eigenvalue weighted by molar-refractivity contribution is 6.40. The maximum absolute atomic E-state index is 15.8. The van der Waals surface area contributed by atoms with E-state index >= 15 is 4.39 Å². The number of hydrogen-bond donors (Lipinski definition) is 0. The molecule has 0 saturated carbocycles. The molecule has 0 aromatic heterocycles. The Morgan fingerprint density at radius 2 is 1.80 bits per heavy atom. The van der Waals surface area contributed by atoms with Crippen molar-refractivity contribution in [3.63, 3.8) is 0 Å². The first-order valence-corrected chi connectivity index (χ1v) is 16.6. The topological polar surface area (TPSA) is 108 Å². The Balaban J connectivity index is 1.25. The second-order valence-electron chi connectivity index (χ2n) is 11.9. The van der Waals surface area contributed by atoms with Gasteiger partial charge in [-0.3, -0.25) is 9.69 Å². The fraction of sp³-hybridized carbons (Fsp3) is 0.400. The van der Waals surface area contributed by atoms with Gasteiger partial charge in [-0.2, -0.15) is 5.26 Å². The Kier molecular flexibility index (Phi) is 10.8. The third-order valence-corrected chi connectivity index (χ3v) is 9.66. The molecule has 3 aromatic carbocycles. The molecule has 0 unspecified atom stereocenters. The number of benzene rings is 3. The molecule has 3 aliphatic heterocycles. The van der Waals surface area contributed by atoms with Gasteiger partial charge in [0.1, 0.15) is 17.6 Å². The number of morpholine rings is 1. The van der Waals surface area contributed by atoms with Crippen molar-refractivity contribution >= 4 is 46.5 Å². The zero-order valence-corrected chi connectivity index (χ0v) is 28.7. The molecule has 258 valence electrons. The molecule has 0 radical (unpaired) electrons. The summed E-state index contributed by atoms with van der Waals surface area (Å²) in [6, 6.07) is 13.0. The van der Waals surface area contributed by atoms with E-state index in [4.69, 9.17) is 42.1 Å². The van der Waals surface area contributed by atoms with Crippen LogP contribution in [0.4, 0.5) is 15.8 Å². The number of carbonyl (C=O) groups excluding carboxylic acids is 2. The van der Waals surface area contributed by atoms with Gasteiger partial charge in [-0.1, -0.05) is 41.4 Å². The molecular weight excluding hydrogens is 676 g/mol. The van der Waals surface area contributed by atoms with Crippen molar-refractivity contribution in [3.05, 3.63) is 75.0 Å². The molecule has 11 nitrogen and oxygen atoms in total. The molecule has 0 aliphatic carbocycles. The Bertz CT molecular complexity index is 1760. The minimum Gasteiger partial charge on any atom is -0.472 e. The van der Waals surface area contributed by atoms with Gasteiger partial charge in [-0.25, -0.2) is 9.18 Å². The van der Waals surface area contributed by atoms with E-state index in [1.807, 2.05) is 0 Å². The molecule has 6 rings (SSSR count). The quantitative estimate of drug-likeness (QED) is 0.294. The molecule has 3 aromatic rings. The van der Waals surface area contributed by atoms with Crippen LogP contribution in [0.25, 0.3) is 11.1 Å². The lowest BCUT2D eigenvalue weighted by molar-refractivity contribution is 0.0515. The smallest absolute Gasteiger partial charge is 0.340 e. The predicted molar refractivity (Wildman–Crippen MR) is 183 cm³/mol. The maximum atomic E-state index is 15.8. The van der Waals surface area contributed by atoms with Crippen molar-refractivity contribution in [2.24, 2.45) is 0 Å². The monoisotopic (exact) mass is 711 g/mol. The highest BCUT2D eigenvalue weighted by atomic mass is 35.5. The Labute approximate surface area is 294 Å². The summed E-state index contributed by atoms with van der Waals surface area (Å²) in [7, 11) is 2.91. The number of methoxy groups -OCH3 is 2. The van der Waals surface area contributed by atoms with Crippen LogP contribution in [0.2, 0.25) is 10.0 Å². The number of amides is 1. The Morgan fingerprint density at radius 1 is 1.04 bits per heavy atom. The number of anilines is 2. The van der Waals surface area contributed by atoms with E-state index in [-0.39, 0.29) is 46.6 Å². The van der Waals surface area contributed by atoms with Crippen molar-refractivity contribution in [2.75, 3.05) is 89.8 Å². The summed E-state index contributed by atoms with van der Waals surface area (Å²) in [4.78, 5) is 34.2. The van der Waals surface area contributed by atoms with E-state index in [9.17, 15) is 14.9 Å². The SMILES string of the molecule is COCCN1CCN(c2cc(Cl)c(C(=O)N3COc4c(cccc4-c4cc(N5CCOC[C@H]5C#N)c(C(=O)OC)cc4F)C3)c(Cl)c2)CC1. The molecule has 3 aliphatic rings. The van der Waals surface area contributed by atoms with Gasteiger partial charge in [-0.05, 0) is 24.3 Å². The number of piperazine rings is 1. The van der Waals surface area contributed by atoms with Crippen molar-refractivity contribution < 1.29 is 32.9 Å². The van der Waals surface area contributed by atoms with Gasteiger partial charge in [-0.15, -0.1) is 0 Å². The highest BCUT2D eigenvalue weighted by Crippen LogP contribution is 2.41. The van der Waals surface area contributed by atoms with Gasteiger partial charge in [0.25, 0.3) is 5.91 Å². The number of fused-ring (bicyclic) bond motifs is 1. The summed E-state index contributed by atoms with van der Waals surface area (Å²) in [5.74, 6) is -1.39. The van der Waals surface area contributed by atoms with Crippen molar-refractivity contribution in [1.82, 2.24) is 9.80 Å². The zero-order chi connectivity index (χ0) is 34.7. The van der Waals surface area contributed by atoms with E-state index in [1.165, 1.54) is 18.1 Å². The molecule has 3 heterocycles. The first kappa shape index (κ1) is 34.7. The van der Waals surface area contributed by atoms with Gasteiger partial charge in [0.2, 0.25) is 0 Å². The number of hydrogen-bond acceptors (Lipinski definition) is 10. The Hall–Kier alpha value is -4.12. The highest BCUT2D eigenvalue weighted by Gasteiger charge is 2.32. The van der Waals surface area contributed by atoms with E-state index in [2.05, 4.69) is 15.9 Å². The molecule has 2 saturated heterocycles. The van der Waals surface area contributed by atoms with Gasteiger partial charge < -0.3 is 33.6 Å². The fourth-order valence-corrected chi connectivity index (χ4v) is 7.09. The van der Waals surface area contributed by atoms with Crippen LogP contribution in [-0.4, -0.2) is 108 Å². The maximum Gasteiger partial charge on any atom is 0.340 e. The van der Waals surface area contributed by atoms with Crippen LogP contribution >= 0.6 is 23.2 Å². The van der Waals surface area contributed by atoms with Crippen molar-refractivity contribution in [1.29, 1.82) is 5.26 Å². The third kappa shape index (κ3) is 7.13. The van der Waals surface area contributed by atoms with Crippen molar-refractivity contribution in [2.45, 2.75) is 12.6 Å². The van der Waals surface area contributed by atoms with Crippen LogP contribution in [0.5, 0.6) is 5.75 Å². The predicted octanol–water partition coefficient (Wildman–Crippen LogP) is 5.08. The molecule has 14 heteroatoms. The second-order valence-corrected chi connectivity index (χ2v) is 12.7. The lowest BCUT2D eigenvalue weighted by Gasteiger charge is -2.36. The number of halogens is 3. The molecular formula is C35H36Cl2FN5O6. The van der Waals surface area contributed by atoms with Crippen LogP contribution in [0, 0.1) is 17.1 Å². The summed E-state index contributed by atoms with van der Waals surface area (Å²) in [5, 5.41) is 10.2. The van der Waals surface area contributed by atoms with Crippen LogP contribution in [0.3, 0.4) is 0 Å². The van der Waals surface area contributed by atoms with E-state index < -0.39 is 23.7 Å².